The second-order valence-electron chi connectivity index (χ2n) is 8.56. The molecule has 4 fully saturated rings. The van der Waals surface area contributed by atoms with Gasteiger partial charge in [-0.25, -0.2) is 4.39 Å². The molecule has 1 aliphatic heterocycles. The molecule has 0 spiro atoms. The van der Waals surface area contributed by atoms with Crippen molar-refractivity contribution in [2.75, 3.05) is 6.61 Å². The Bertz CT molecular complexity index is 864. The molecule has 9 nitrogen and oxygen atoms in total. The van der Waals surface area contributed by atoms with Crippen molar-refractivity contribution in [3.8, 4) is 5.75 Å². The molecule has 3 atom stereocenters. The summed E-state index contributed by atoms with van der Waals surface area (Å²) >= 11 is 5.64. The summed E-state index contributed by atoms with van der Waals surface area (Å²) in [6.07, 6.45) is 0.867. The lowest BCUT2D eigenvalue weighted by Gasteiger charge is -2.56. The predicted octanol–water partition coefficient (Wildman–Crippen LogP) is 0.703. The summed E-state index contributed by atoms with van der Waals surface area (Å²) in [5.74, 6) is -1.13. The lowest BCUT2D eigenvalue weighted by molar-refractivity contribution is -0.143. The number of nitrogens with one attached hydrogen (secondary N) is 4. The van der Waals surface area contributed by atoms with E-state index in [1.54, 1.807) is 0 Å². The van der Waals surface area contributed by atoms with Crippen LogP contribution < -0.4 is 26.2 Å². The first-order valence-electron chi connectivity index (χ1n) is 10.3. The van der Waals surface area contributed by atoms with E-state index in [0.717, 1.165) is 6.07 Å². The zero-order valence-corrected chi connectivity index (χ0v) is 17.8. The topological polar surface area (TPSA) is 121 Å². The number of fused-ring (bicyclic) bond motifs is 3. The largest absolute Gasteiger partial charge is 0.484 e. The molecule has 4 aliphatic rings. The molecule has 1 aromatic rings. The Morgan fingerprint density at radius 3 is 2.68 bits per heavy atom. The van der Waals surface area contributed by atoms with Crippen molar-refractivity contribution in [1.82, 2.24) is 21.4 Å². The molecule has 5 N–H and O–H groups in total. The maximum Gasteiger partial charge on any atom is 0.266 e. The number of hydroxylamine groups is 1. The Labute approximate surface area is 183 Å². The van der Waals surface area contributed by atoms with Crippen molar-refractivity contribution in [2.45, 2.75) is 68.6 Å². The maximum atomic E-state index is 13.5. The molecular formula is C20H26ClFN4O5. The first kappa shape index (κ1) is 22.2. The molecule has 3 saturated carbocycles. The lowest BCUT2D eigenvalue weighted by atomic mass is 9.60. The Kier molecular flexibility index (Phi) is 6.10. The van der Waals surface area contributed by atoms with Crippen molar-refractivity contribution in [1.29, 1.82) is 0 Å². The molecule has 0 radical (unpaired) electrons. The number of hydrogen-bond acceptors (Lipinski definition) is 7. The summed E-state index contributed by atoms with van der Waals surface area (Å²) in [5.41, 5.74) is 1.39. The number of carbonyl (C=O) groups excluding carboxylic acids is 2. The fraction of sp³-hybridized carbons (Fsp3) is 0.600. The van der Waals surface area contributed by atoms with Crippen molar-refractivity contribution >= 4 is 23.4 Å². The fourth-order valence-electron chi connectivity index (χ4n) is 4.61. The van der Waals surface area contributed by atoms with Crippen molar-refractivity contribution in [3.05, 3.63) is 29.0 Å². The average Bonchev–Trinajstić information content (AvgIpc) is 3.17. The Hall–Kier alpha value is -1.98. The summed E-state index contributed by atoms with van der Waals surface area (Å²) in [7, 11) is 0. The van der Waals surface area contributed by atoms with Gasteiger partial charge in [-0.05, 0) is 51.2 Å². The zero-order chi connectivity index (χ0) is 22.2. The molecule has 2 unspecified atom stereocenters. The van der Waals surface area contributed by atoms with Crippen LogP contribution >= 0.6 is 11.6 Å². The van der Waals surface area contributed by atoms with Gasteiger partial charge in [0.15, 0.2) is 6.61 Å². The first-order chi connectivity index (χ1) is 14.7. The number of hydrogen-bond donors (Lipinski definition) is 5. The number of halogens is 2. The molecule has 5 rings (SSSR count). The van der Waals surface area contributed by atoms with Gasteiger partial charge in [-0.2, -0.15) is 5.48 Å². The average molecular weight is 457 g/mol. The highest BCUT2D eigenvalue weighted by Gasteiger charge is 2.55. The van der Waals surface area contributed by atoms with Gasteiger partial charge in [-0.15, -0.1) is 0 Å². The number of rotatable bonds is 6. The molecule has 2 amide bonds. The minimum atomic E-state index is -0.818. The van der Waals surface area contributed by atoms with Crippen LogP contribution in [-0.4, -0.2) is 53.1 Å². The number of benzene rings is 1. The van der Waals surface area contributed by atoms with Gasteiger partial charge < -0.3 is 20.5 Å². The molecule has 0 aromatic heterocycles. The third-order valence-corrected chi connectivity index (χ3v) is 6.67. The summed E-state index contributed by atoms with van der Waals surface area (Å²) in [5, 5.41) is 19.7. The quantitative estimate of drug-likeness (QED) is 0.427. The second-order valence-corrected chi connectivity index (χ2v) is 8.97. The first-order valence-corrected chi connectivity index (χ1v) is 10.6. The van der Waals surface area contributed by atoms with Crippen LogP contribution in [0.1, 0.15) is 39.0 Å². The number of aliphatic hydroxyl groups excluding tert-OH is 1. The molecule has 11 heteroatoms. The highest BCUT2D eigenvalue weighted by molar-refractivity contribution is 6.30. The van der Waals surface area contributed by atoms with E-state index in [0.29, 0.717) is 32.1 Å². The Balaban J connectivity index is 1.31. The van der Waals surface area contributed by atoms with Crippen LogP contribution in [0.2, 0.25) is 5.02 Å². The van der Waals surface area contributed by atoms with E-state index in [4.69, 9.17) is 21.2 Å². The Morgan fingerprint density at radius 2 is 2.06 bits per heavy atom. The Morgan fingerprint density at radius 1 is 1.32 bits per heavy atom. The standard InChI is InChI=1S/C20H26ClFN4O5/c1-11-23-18(31-26-11)17(29)25-19-4-6-20(7-5-19,15(27)9-19)24-16(28)10-30-12-2-3-13(21)14(22)8-12/h2-3,8,11,15,18,23,26-27H,4-7,9-10H2,1H3,(H,24,28)(H,25,29)/t11?,15-,18?,19?,20?/m0/s1. The van der Waals surface area contributed by atoms with Crippen LogP contribution in [0.5, 0.6) is 5.75 Å². The van der Waals surface area contributed by atoms with Crippen LogP contribution in [0.3, 0.4) is 0 Å². The molecule has 3 aliphatic carbocycles. The lowest BCUT2D eigenvalue weighted by Crippen LogP contribution is -2.71. The maximum absolute atomic E-state index is 13.5. The number of ether oxygens (including phenoxy) is 1. The second kappa shape index (κ2) is 8.51. The van der Waals surface area contributed by atoms with E-state index < -0.39 is 35.1 Å². The SMILES string of the molecule is CC1NOC(C(=O)NC23CCC(NC(=O)COc4ccc(Cl)c(F)c4)(CC2)[C@@H](O)C3)N1. The van der Waals surface area contributed by atoms with Gasteiger partial charge in [-0.3, -0.25) is 19.7 Å². The molecular weight excluding hydrogens is 431 g/mol. The normalized spacial score (nSPS) is 34.4. The minimum absolute atomic E-state index is 0.0279. The number of carbonyl (C=O) groups is 2. The third kappa shape index (κ3) is 4.63. The van der Waals surface area contributed by atoms with Crippen LogP contribution in [0.15, 0.2) is 18.2 Å². The molecule has 1 saturated heterocycles. The minimum Gasteiger partial charge on any atom is -0.484 e. The number of amides is 2. The van der Waals surface area contributed by atoms with Gasteiger partial charge in [0.25, 0.3) is 11.8 Å². The summed E-state index contributed by atoms with van der Waals surface area (Å²) < 4.78 is 18.8. The molecule has 31 heavy (non-hydrogen) atoms. The summed E-state index contributed by atoms with van der Waals surface area (Å²) in [6, 6.07) is 3.94. The van der Waals surface area contributed by atoms with Crippen molar-refractivity contribution < 1.29 is 28.7 Å². The monoisotopic (exact) mass is 456 g/mol. The fourth-order valence-corrected chi connectivity index (χ4v) is 4.73. The predicted molar refractivity (Wildman–Crippen MR) is 108 cm³/mol. The molecule has 1 heterocycles. The van der Waals surface area contributed by atoms with Crippen molar-refractivity contribution in [3.63, 3.8) is 0 Å². The zero-order valence-electron chi connectivity index (χ0n) is 17.0. The van der Waals surface area contributed by atoms with Crippen LogP contribution in [-0.2, 0) is 14.4 Å². The van der Waals surface area contributed by atoms with E-state index in [1.165, 1.54) is 12.1 Å². The van der Waals surface area contributed by atoms with Crippen molar-refractivity contribution in [2.24, 2.45) is 0 Å². The highest BCUT2D eigenvalue weighted by Crippen LogP contribution is 2.47. The van der Waals surface area contributed by atoms with E-state index in [-0.39, 0.29) is 29.5 Å². The smallest absolute Gasteiger partial charge is 0.266 e. The van der Waals surface area contributed by atoms with Gasteiger partial charge in [-0.1, -0.05) is 11.6 Å². The van der Waals surface area contributed by atoms with E-state index in [1.807, 2.05) is 6.92 Å². The van der Waals surface area contributed by atoms with E-state index in [2.05, 4.69) is 21.4 Å². The van der Waals surface area contributed by atoms with Gasteiger partial charge in [0, 0.05) is 11.6 Å². The number of aliphatic hydroxyl groups is 1. The highest BCUT2D eigenvalue weighted by atomic mass is 35.5. The van der Waals surface area contributed by atoms with Crippen LogP contribution in [0.25, 0.3) is 0 Å². The summed E-state index contributed by atoms with van der Waals surface area (Å²) in [6.45, 7) is 1.52. The van der Waals surface area contributed by atoms with Gasteiger partial charge in [0.2, 0.25) is 6.23 Å². The molecule has 1 aromatic carbocycles. The van der Waals surface area contributed by atoms with E-state index >= 15 is 0 Å². The van der Waals surface area contributed by atoms with Gasteiger partial charge in [0.05, 0.1) is 22.8 Å². The van der Waals surface area contributed by atoms with Gasteiger partial charge >= 0.3 is 0 Å². The third-order valence-electron chi connectivity index (χ3n) is 6.36. The van der Waals surface area contributed by atoms with Crippen LogP contribution in [0.4, 0.5) is 4.39 Å². The van der Waals surface area contributed by atoms with E-state index in [9.17, 15) is 19.1 Å². The van der Waals surface area contributed by atoms with Gasteiger partial charge in [0.1, 0.15) is 11.6 Å². The summed E-state index contributed by atoms with van der Waals surface area (Å²) in [4.78, 5) is 30.2. The molecule has 170 valence electrons. The molecule has 2 bridgehead atoms. The van der Waals surface area contributed by atoms with Crippen LogP contribution in [0, 0.1) is 5.82 Å².